The Balaban J connectivity index is 1.18. The lowest BCUT2D eigenvalue weighted by Gasteiger charge is -2.31. The number of aromatic nitrogens is 2. The average Bonchev–Trinajstić information content (AvgIpc) is 3.89. The number of nitrogens with zero attached hydrogens (tertiary/aromatic N) is 4. The Morgan fingerprint density at radius 3 is 1.87 bits per heavy atom. The monoisotopic (exact) mass is 868 g/mol. The number of pyridine rings is 1. The Labute approximate surface area is 393 Å². The second-order valence-electron chi connectivity index (χ2n) is 20.1. The third-order valence-electron chi connectivity index (χ3n) is 13.7. The maximum absolute atomic E-state index is 6.87. The van der Waals surface area contributed by atoms with Crippen molar-refractivity contribution in [2.45, 2.75) is 52.4 Å². The van der Waals surface area contributed by atoms with E-state index >= 15 is 0 Å². The lowest BCUT2D eigenvalue weighted by Crippen LogP contribution is -2.25. The van der Waals surface area contributed by atoms with Crippen LogP contribution in [0.5, 0.6) is 11.5 Å². The summed E-state index contributed by atoms with van der Waals surface area (Å²) in [7, 11) is 0. The van der Waals surface area contributed by atoms with Gasteiger partial charge in [0.15, 0.2) is 0 Å². The third kappa shape index (κ3) is 6.96. The summed E-state index contributed by atoms with van der Waals surface area (Å²) in [5.74, 6) is 2.40. The molecule has 0 saturated carbocycles. The molecule has 0 saturated heterocycles. The van der Waals surface area contributed by atoms with Crippen LogP contribution in [0.4, 0.5) is 22.7 Å². The topological polar surface area (TPSA) is 33.5 Å². The molecule has 4 heterocycles. The van der Waals surface area contributed by atoms with E-state index in [9.17, 15) is 0 Å². The second kappa shape index (κ2) is 15.4. The predicted octanol–water partition coefficient (Wildman–Crippen LogP) is 16.8. The van der Waals surface area contributed by atoms with Crippen LogP contribution in [0.2, 0.25) is 0 Å². The zero-order valence-electron chi connectivity index (χ0n) is 38.9. The molecule has 0 amide bonds. The van der Waals surface area contributed by atoms with Crippen LogP contribution >= 0.6 is 0 Å². The minimum atomic E-state index is -0.144. The van der Waals surface area contributed by atoms with Crippen molar-refractivity contribution in [2.24, 2.45) is 0 Å². The number of ether oxygens (including phenoxy) is 1. The minimum absolute atomic E-state index is 0.123. The number of benzene rings is 8. The Morgan fingerprint density at radius 1 is 0.433 bits per heavy atom. The van der Waals surface area contributed by atoms with Gasteiger partial charge in [0, 0.05) is 45.3 Å². The first-order valence-electron chi connectivity index (χ1n) is 23.4. The number of hydrogen-bond acceptors (Lipinski definition) is 4. The van der Waals surface area contributed by atoms with E-state index in [2.05, 4.69) is 250 Å². The van der Waals surface area contributed by atoms with Crippen molar-refractivity contribution < 1.29 is 4.74 Å². The quantitative estimate of drug-likeness (QED) is 0.165. The summed E-state index contributed by atoms with van der Waals surface area (Å²) in [6.07, 6.45) is 0. The van der Waals surface area contributed by atoms with Crippen LogP contribution in [0.1, 0.15) is 52.7 Å². The molecule has 0 aliphatic carbocycles. The van der Waals surface area contributed by atoms with Gasteiger partial charge >= 0.3 is 0 Å². The highest BCUT2D eigenvalue weighted by Gasteiger charge is 2.33. The number of fused-ring (bicyclic) bond motifs is 23. The normalized spacial score (nSPS) is 13.2. The van der Waals surface area contributed by atoms with E-state index in [0.29, 0.717) is 6.67 Å². The Kier molecular flexibility index (Phi) is 9.30. The van der Waals surface area contributed by atoms with E-state index in [1.54, 1.807) is 0 Å². The van der Waals surface area contributed by atoms with Crippen molar-refractivity contribution in [3.05, 3.63) is 205 Å². The molecule has 0 radical (unpaired) electrons. The van der Waals surface area contributed by atoms with Gasteiger partial charge in [-0.15, -0.1) is 0 Å². The standard InChI is InChI=1S/C62H52N4O/c1-61(2,3)43-33-52(40-18-8-7-9-19-40)60-53(34-43)49-25-11-10-24-48(49)41-20-16-21-42(32-41)54-35-44(62(4,5)6)36-59(63-54)66-55-27-13-12-26-50(55)51-31-30-47(38-58(51)66)67-46-23-17-22-45(37-46)64-39-65(60)57-29-15-14-28-56(57)64/h7-38H,39H2,1-6H3. The van der Waals surface area contributed by atoms with Crippen LogP contribution in [0, 0.1) is 0 Å². The number of hydrogen-bond donors (Lipinski definition) is 0. The summed E-state index contributed by atoms with van der Waals surface area (Å²) >= 11 is 0. The average molecular weight is 869 g/mol. The summed E-state index contributed by atoms with van der Waals surface area (Å²) in [6.45, 7) is 14.4. The van der Waals surface area contributed by atoms with E-state index < -0.39 is 0 Å². The first kappa shape index (κ1) is 40.6. The molecule has 0 N–H and O–H groups in total. The molecule has 0 atom stereocenters. The highest BCUT2D eigenvalue weighted by Crippen LogP contribution is 2.53. The van der Waals surface area contributed by atoms with E-state index in [1.807, 2.05) is 0 Å². The molecule has 0 unspecified atom stereocenters. The van der Waals surface area contributed by atoms with Crippen molar-refractivity contribution in [3.63, 3.8) is 0 Å². The number of rotatable bonds is 1. The van der Waals surface area contributed by atoms with Gasteiger partial charge in [-0.25, -0.2) is 4.98 Å². The van der Waals surface area contributed by atoms with Crippen molar-refractivity contribution in [1.82, 2.24) is 9.55 Å². The predicted molar refractivity (Wildman–Crippen MR) is 280 cm³/mol. The number of para-hydroxylation sites is 3. The molecular weight excluding hydrogens is 817 g/mol. The molecular formula is C62H52N4O. The van der Waals surface area contributed by atoms with Crippen molar-refractivity contribution in [3.8, 4) is 62.0 Å². The molecule has 2 aliphatic heterocycles. The van der Waals surface area contributed by atoms with Gasteiger partial charge in [0.05, 0.1) is 33.8 Å². The molecule has 8 aromatic carbocycles. The summed E-state index contributed by atoms with van der Waals surface area (Å²) < 4.78 is 9.19. The van der Waals surface area contributed by atoms with Gasteiger partial charge < -0.3 is 14.5 Å². The molecule has 67 heavy (non-hydrogen) atoms. The van der Waals surface area contributed by atoms with Crippen molar-refractivity contribution in [1.29, 1.82) is 0 Å². The van der Waals surface area contributed by atoms with Crippen LogP contribution in [-0.2, 0) is 10.8 Å². The lowest BCUT2D eigenvalue weighted by molar-refractivity contribution is 0.483. The fourth-order valence-corrected chi connectivity index (χ4v) is 10.2. The molecule has 10 aromatic rings. The van der Waals surface area contributed by atoms with E-state index in [-0.39, 0.29) is 10.8 Å². The molecule has 0 fully saturated rings. The zero-order chi connectivity index (χ0) is 45.6. The highest BCUT2D eigenvalue weighted by molar-refractivity contribution is 6.09. The molecule has 12 rings (SSSR count). The van der Waals surface area contributed by atoms with Crippen LogP contribution in [0.3, 0.4) is 0 Å². The summed E-state index contributed by atoms with van der Waals surface area (Å²) in [5, 5.41) is 2.32. The summed E-state index contributed by atoms with van der Waals surface area (Å²) in [6, 6.07) is 70.8. The third-order valence-corrected chi connectivity index (χ3v) is 13.7. The molecule has 5 heteroatoms. The van der Waals surface area contributed by atoms with Crippen molar-refractivity contribution >= 4 is 44.6 Å². The maximum atomic E-state index is 6.87. The maximum Gasteiger partial charge on any atom is 0.138 e. The van der Waals surface area contributed by atoms with Gasteiger partial charge in [-0.2, -0.15) is 0 Å². The van der Waals surface area contributed by atoms with Crippen molar-refractivity contribution in [2.75, 3.05) is 16.5 Å². The zero-order valence-corrected chi connectivity index (χ0v) is 38.9. The summed E-state index contributed by atoms with van der Waals surface area (Å²) in [5.41, 5.74) is 17.9. The van der Waals surface area contributed by atoms with Crippen LogP contribution in [-0.4, -0.2) is 16.2 Å². The van der Waals surface area contributed by atoms with Crippen LogP contribution in [0.25, 0.3) is 72.3 Å². The molecule has 10 bridgehead atoms. The largest absolute Gasteiger partial charge is 0.457 e. The fraction of sp³-hybridized carbons (Fsp3) is 0.145. The van der Waals surface area contributed by atoms with Gasteiger partial charge in [-0.05, 0) is 117 Å². The highest BCUT2D eigenvalue weighted by atomic mass is 16.5. The first-order valence-corrected chi connectivity index (χ1v) is 23.4. The van der Waals surface area contributed by atoms with Crippen LogP contribution in [0.15, 0.2) is 194 Å². The van der Waals surface area contributed by atoms with Gasteiger partial charge in [0.2, 0.25) is 0 Å². The lowest BCUT2D eigenvalue weighted by atomic mass is 9.81. The fourth-order valence-electron chi connectivity index (χ4n) is 10.2. The van der Waals surface area contributed by atoms with Gasteiger partial charge in [0.25, 0.3) is 0 Å². The molecule has 5 nitrogen and oxygen atoms in total. The molecule has 326 valence electrons. The van der Waals surface area contributed by atoms with Crippen LogP contribution < -0.4 is 14.5 Å². The molecule has 0 spiro atoms. The number of anilines is 4. The Bertz CT molecular complexity index is 3570. The van der Waals surface area contributed by atoms with Gasteiger partial charge in [0.1, 0.15) is 24.0 Å². The smallest absolute Gasteiger partial charge is 0.138 e. The Hall–Kier alpha value is -7.89. The first-order chi connectivity index (χ1) is 32.5. The van der Waals surface area contributed by atoms with E-state index in [0.717, 1.165) is 73.2 Å². The minimum Gasteiger partial charge on any atom is -0.457 e. The second-order valence-corrected chi connectivity index (χ2v) is 20.1. The van der Waals surface area contributed by atoms with E-state index in [1.165, 1.54) is 44.5 Å². The molecule has 2 aliphatic rings. The van der Waals surface area contributed by atoms with E-state index in [4.69, 9.17) is 9.72 Å². The van der Waals surface area contributed by atoms with Gasteiger partial charge in [-0.1, -0.05) is 151 Å². The Morgan fingerprint density at radius 2 is 1.06 bits per heavy atom. The summed E-state index contributed by atoms with van der Waals surface area (Å²) in [4.78, 5) is 10.5. The van der Waals surface area contributed by atoms with Gasteiger partial charge in [-0.3, -0.25) is 4.57 Å². The SMILES string of the molecule is CC(C)(C)c1cc2nc(c1)-n1c3ccccc3c3ccc(cc31)Oc1cccc(c1)N1CN(c3ccccc31)c1c(-c3ccccc3)cc(C(C)(C)C)cc1-c1ccccc1-c1cccc-2c1. The molecule has 2 aromatic heterocycles.